The van der Waals surface area contributed by atoms with E-state index in [1.807, 2.05) is 4.90 Å². The topological polar surface area (TPSA) is 52.7 Å². The van der Waals surface area contributed by atoms with Gasteiger partial charge in [0.05, 0.1) is 0 Å². The van der Waals surface area contributed by atoms with Crippen LogP contribution < -0.4 is 5.32 Å². The Morgan fingerprint density at radius 3 is 2.39 bits per heavy atom. The zero-order valence-electron chi connectivity index (χ0n) is 17.2. The van der Waals surface area contributed by atoms with Crippen LogP contribution in [-0.2, 0) is 16.1 Å². The van der Waals surface area contributed by atoms with E-state index < -0.39 is 11.6 Å². The lowest BCUT2D eigenvalue weighted by Crippen LogP contribution is -2.73. The lowest BCUT2D eigenvalue weighted by molar-refractivity contribution is -0.161. The molecule has 1 atom stereocenters. The van der Waals surface area contributed by atoms with Crippen molar-refractivity contribution in [3.8, 4) is 0 Å². The summed E-state index contributed by atoms with van der Waals surface area (Å²) in [4.78, 5) is 30.4. The Kier molecular flexibility index (Phi) is 6.38. The van der Waals surface area contributed by atoms with Gasteiger partial charge >= 0.3 is 0 Å². The third kappa shape index (κ3) is 4.22. The van der Waals surface area contributed by atoms with E-state index in [2.05, 4.69) is 31.0 Å². The average molecular weight is 390 g/mol. The Bertz CT molecular complexity index is 696. The molecule has 0 bridgehead atoms. The van der Waals surface area contributed by atoms with Gasteiger partial charge in [0.25, 0.3) is 0 Å². The fraction of sp³-hybridized carbons (Fsp3) is 0.636. The van der Waals surface area contributed by atoms with Gasteiger partial charge in [-0.05, 0) is 49.3 Å². The minimum Gasteiger partial charge on any atom is -0.342 e. The number of amides is 2. The second kappa shape index (κ2) is 8.60. The van der Waals surface area contributed by atoms with Gasteiger partial charge in [0.2, 0.25) is 11.8 Å². The van der Waals surface area contributed by atoms with Crippen molar-refractivity contribution >= 4 is 11.8 Å². The van der Waals surface area contributed by atoms with Gasteiger partial charge < -0.3 is 10.2 Å². The summed E-state index contributed by atoms with van der Waals surface area (Å²) >= 11 is 0. The number of benzene rings is 1. The van der Waals surface area contributed by atoms with Gasteiger partial charge in [0.15, 0.2) is 0 Å². The molecule has 2 aliphatic heterocycles. The summed E-state index contributed by atoms with van der Waals surface area (Å²) in [7, 11) is 0. The molecular weight excluding hydrogens is 357 g/mol. The first kappa shape index (κ1) is 20.8. The minimum absolute atomic E-state index is 0.00707. The molecule has 3 rings (SSSR count). The largest absolute Gasteiger partial charge is 0.342 e. The lowest BCUT2D eigenvalue weighted by Gasteiger charge is -2.52. The number of halogens is 1. The molecule has 1 aromatic carbocycles. The number of nitrogens with zero attached hydrogens (tertiary/aromatic N) is 2. The van der Waals surface area contributed by atoms with Crippen LogP contribution in [0.15, 0.2) is 24.3 Å². The summed E-state index contributed by atoms with van der Waals surface area (Å²) in [5.74, 6) is 0.198. The van der Waals surface area contributed by atoms with Crippen LogP contribution in [-0.4, -0.2) is 52.8 Å². The second-order valence-electron chi connectivity index (χ2n) is 8.58. The van der Waals surface area contributed by atoms with Crippen LogP contribution >= 0.6 is 0 Å². The first-order chi connectivity index (χ1) is 13.4. The van der Waals surface area contributed by atoms with Gasteiger partial charge in [-0.3, -0.25) is 14.5 Å². The molecule has 0 radical (unpaired) electrons. The molecule has 2 amide bonds. The third-order valence-electron chi connectivity index (χ3n) is 5.97. The Morgan fingerprint density at radius 1 is 1.18 bits per heavy atom. The first-order valence-electron chi connectivity index (χ1n) is 10.4. The van der Waals surface area contributed by atoms with Gasteiger partial charge in [-0.1, -0.05) is 32.9 Å². The number of carbonyl (C=O) groups excluding carboxylic acids is 2. The second-order valence-corrected chi connectivity index (χ2v) is 8.58. The maximum absolute atomic E-state index is 13.1. The van der Waals surface area contributed by atoms with E-state index in [0.717, 1.165) is 31.6 Å². The molecule has 1 spiro atoms. The number of nitrogens with one attached hydrogen (secondary N) is 1. The van der Waals surface area contributed by atoms with Crippen LogP contribution in [0.2, 0.25) is 0 Å². The molecule has 1 N–H and O–H groups in total. The highest BCUT2D eigenvalue weighted by molar-refractivity contribution is 6.00. The summed E-state index contributed by atoms with van der Waals surface area (Å²) in [5.41, 5.74) is 0.337. The molecule has 6 heteroatoms. The molecule has 2 aliphatic rings. The Labute approximate surface area is 167 Å². The van der Waals surface area contributed by atoms with Crippen LogP contribution in [0.4, 0.5) is 4.39 Å². The first-order valence-corrected chi connectivity index (χ1v) is 10.4. The Balaban J connectivity index is 1.71. The summed E-state index contributed by atoms with van der Waals surface area (Å²) in [6.45, 7) is 9.03. The number of piperazine rings is 1. The van der Waals surface area contributed by atoms with Crippen molar-refractivity contribution in [2.45, 2.75) is 64.6 Å². The van der Waals surface area contributed by atoms with Crippen LogP contribution in [0, 0.1) is 11.7 Å². The van der Waals surface area contributed by atoms with E-state index in [9.17, 15) is 14.0 Å². The highest BCUT2D eigenvalue weighted by atomic mass is 19.1. The normalized spacial score (nSPS) is 22.8. The van der Waals surface area contributed by atoms with E-state index in [1.54, 1.807) is 12.1 Å². The fourth-order valence-electron chi connectivity index (χ4n) is 4.48. The summed E-state index contributed by atoms with van der Waals surface area (Å²) in [5, 5.41) is 3.03. The van der Waals surface area contributed by atoms with Gasteiger partial charge in [0.1, 0.15) is 17.4 Å². The highest BCUT2D eigenvalue weighted by Crippen LogP contribution is 2.34. The maximum atomic E-state index is 13.1. The fourth-order valence-corrected chi connectivity index (χ4v) is 4.48. The van der Waals surface area contributed by atoms with Crippen molar-refractivity contribution in [2.24, 2.45) is 5.92 Å². The third-order valence-corrected chi connectivity index (χ3v) is 5.97. The van der Waals surface area contributed by atoms with Crippen molar-refractivity contribution < 1.29 is 14.0 Å². The summed E-state index contributed by atoms with van der Waals surface area (Å²) < 4.78 is 13.1. The van der Waals surface area contributed by atoms with Gasteiger partial charge in [0, 0.05) is 26.2 Å². The molecule has 0 aliphatic carbocycles. The van der Waals surface area contributed by atoms with E-state index in [4.69, 9.17) is 0 Å². The van der Waals surface area contributed by atoms with E-state index in [-0.39, 0.29) is 17.6 Å². The van der Waals surface area contributed by atoms with Crippen molar-refractivity contribution in [1.82, 2.24) is 15.1 Å². The maximum Gasteiger partial charge on any atom is 0.246 e. The zero-order chi connectivity index (χ0) is 20.3. The number of piperidine rings is 1. The van der Waals surface area contributed by atoms with Crippen molar-refractivity contribution in [2.75, 3.05) is 19.6 Å². The van der Waals surface area contributed by atoms with E-state index in [1.165, 1.54) is 12.1 Å². The minimum atomic E-state index is -0.722. The molecule has 1 unspecified atom stereocenters. The zero-order valence-corrected chi connectivity index (χ0v) is 17.2. The quantitative estimate of drug-likeness (QED) is 0.814. The number of hydrogen-bond donors (Lipinski definition) is 1. The predicted molar refractivity (Wildman–Crippen MR) is 107 cm³/mol. The smallest absolute Gasteiger partial charge is 0.246 e. The molecule has 2 fully saturated rings. The van der Waals surface area contributed by atoms with Crippen molar-refractivity contribution in [3.63, 3.8) is 0 Å². The number of rotatable bonds is 6. The lowest BCUT2D eigenvalue weighted by atomic mass is 9.80. The molecule has 1 aromatic rings. The number of likely N-dealkylation sites (tertiary alicyclic amines) is 1. The number of carbonyl (C=O) groups is 2. The molecule has 0 aromatic heterocycles. The standard InChI is InChI=1S/C22H32FN3O2/c1-4-11-26-20(27)19(14-16(2)3)24-21(28)22(26)9-12-25(13-10-22)15-17-5-7-18(23)8-6-17/h5-8,16,19H,4,9-15H2,1-3H3,(H,24,28). The molecule has 2 saturated heterocycles. The molecule has 2 heterocycles. The predicted octanol–water partition coefficient (Wildman–Crippen LogP) is 2.94. The van der Waals surface area contributed by atoms with Crippen molar-refractivity contribution in [1.29, 1.82) is 0 Å². The summed E-state index contributed by atoms with van der Waals surface area (Å²) in [6, 6.07) is 6.16. The van der Waals surface area contributed by atoms with Crippen LogP contribution in [0.1, 0.15) is 52.0 Å². The van der Waals surface area contributed by atoms with Crippen LogP contribution in [0.25, 0.3) is 0 Å². The van der Waals surface area contributed by atoms with Gasteiger partial charge in [-0.15, -0.1) is 0 Å². The average Bonchev–Trinajstić information content (AvgIpc) is 2.66. The molecular formula is C22H32FN3O2. The van der Waals surface area contributed by atoms with E-state index in [0.29, 0.717) is 31.7 Å². The Hall–Kier alpha value is -1.95. The molecule has 154 valence electrons. The van der Waals surface area contributed by atoms with Gasteiger partial charge in [-0.25, -0.2) is 4.39 Å². The van der Waals surface area contributed by atoms with Crippen LogP contribution in [0.3, 0.4) is 0 Å². The molecule has 5 nitrogen and oxygen atoms in total. The summed E-state index contributed by atoms with van der Waals surface area (Å²) in [6.07, 6.45) is 2.80. The highest BCUT2D eigenvalue weighted by Gasteiger charge is 2.53. The molecule has 0 saturated carbocycles. The van der Waals surface area contributed by atoms with Crippen LogP contribution in [0.5, 0.6) is 0 Å². The Morgan fingerprint density at radius 2 is 1.82 bits per heavy atom. The SMILES string of the molecule is CCCN1C(=O)C(CC(C)C)NC(=O)C12CCN(Cc1ccc(F)cc1)CC2. The van der Waals surface area contributed by atoms with E-state index >= 15 is 0 Å². The molecule has 28 heavy (non-hydrogen) atoms. The van der Waals surface area contributed by atoms with Gasteiger partial charge in [-0.2, -0.15) is 0 Å². The monoisotopic (exact) mass is 389 g/mol. The van der Waals surface area contributed by atoms with Crippen molar-refractivity contribution in [3.05, 3.63) is 35.6 Å². The number of hydrogen-bond acceptors (Lipinski definition) is 3.